The molecule has 4 rings (SSSR count). The van der Waals surface area contributed by atoms with E-state index in [1.165, 1.54) is 12.3 Å². The number of non-ortho nitro benzene ring substituents is 1. The van der Waals surface area contributed by atoms with Crippen molar-refractivity contribution in [2.75, 3.05) is 11.9 Å². The summed E-state index contributed by atoms with van der Waals surface area (Å²) in [6, 6.07) is 5.43. The van der Waals surface area contributed by atoms with Gasteiger partial charge in [0.15, 0.2) is 0 Å². The number of amides is 1. The maximum Gasteiger partial charge on any atom is 0.278 e. The van der Waals surface area contributed by atoms with E-state index in [1.54, 1.807) is 18.3 Å². The van der Waals surface area contributed by atoms with Gasteiger partial charge in [0.05, 0.1) is 16.4 Å². The van der Waals surface area contributed by atoms with Crippen molar-refractivity contribution in [2.45, 2.75) is 31.3 Å². The first kappa shape index (κ1) is 13.9. The van der Waals surface area contributed by atoms with Gasteiger partial charge < -0.3 is 10.2 Å². The van der Waals surface area contributed by atoms with Crippen LogP contribution in [0.15, 0.2) is 30.6 Å². The lowest BCUT2D eigenvalue weighted by molar-refractivity contribution is -0.383. The van der Waals surface area contributed by atoms with Gasteiger partial charge in [-0.1, -0.05) is 0 Å². The third-order valence-corrected chi connectivity index (χ3v) is 4.50. The fourth-order valence-corrected chi connectivity index (χ4v) is 3.25. The number of nitrogens with one attached hydrogen (secondary N) is 1. The highest BCUT2D eigenvalue weighted by molar-refractivity contribution is 5.99. The molecular formula is C16H16N4O3. The average molecular weight is 312 g/mol. The zero-order valence-corrected chi connectivity index (χ0v) is 12.4. The number of likely N-dealkylation sites (tertiary alicyclic amines) is 1. The van der Waals surface area contributed by atoms with Crippen LogP contribution < -0.4 is 5.32 Å². The highest BCUT2D eigenvalue weighted by Gasteiger charge is 2.39. The number of rotatable bonds is 4. The maximum atomic E-state index is 12.0. The molecule has 2 fully saturated rings. The van der Waals surface area contributed by atoms with Gasteiger partial charge in [-0.2, -0.15) is 0 Å². The number of pyridine rings is 1. The summed E-state index contributed by atoms with van der Waals surface area (Å²) in [5, 5.41) is 15.8. The van der Waals surface area contributed by atoms with E-state index in [0.29, 0.717) is 24.4 Å². The van der Waals surface area contributed by atoms with Crippen LogP contribution in [0.1, 0.15) is 19.3 Å². The molecule has 1 amide bonds. The first-order chi connectivity index (χ1) is 11.1. The Kier molecular flexibility index (Phi) is 3.14. The Hall–Kier alpha value is -2.70. The molecule has 0 radical (unpaired) electrons. The monoisotopic (exact) mass is 312 g/mol. The second-order valence-corrected chi connectivity index (χ2v) is 6.13. The number of fused-ring (bicyclic) bond motifs is 1. The summed E-state index contributed by atoms with van der Waals surface area (Å²) in [4.78, 5) is 28.7. The molecule has 2 aliphatic rings. The second kappa shape index (κ2) is 5.19. The number of benzene rings is 1. The van der Waals surface area contributed by atoms with Gasteiger partial charge >= 0.3 is 0 Å². The number of carbonyl (C=O) groups is 1. The molecule has 1 aliphatic heterocycles. The summed E-state index contributed by atoms with van der Waals surface area (Å²) in [5.41, 5.74) is 0.851. The molecule has 1 aromatic heterocycles. The minimum atomic E-state index is -0.401. The first-order valence-electron chi connectivity index (χ1n) is 7.70. The first-order valence-corrected chi connectivity index (χ1v) is 7.70. The molecule has 1 aromatic carbocycles. The fraction of sp³-hybridized carbons (Fsp3) is 0.375. The van der Waals surface area contributed by atoms with Crippen LogP contribution in [0.5, 0.6) is 0 Å². The van der Waals surface area contributed by atoms with E-state index in [4.69, 9.17) is 0 Å². The van der Waals surface area contributed by atoms with Crippen molar-refractivity contribution in [2.24, 2.45) is 0 Å². The van der Waals surface area contributed by atoms with Crippen LogP contribution in [0.4, 0.5) is 11.4 Å². The Bertz CT molecular complexity index is 803. The van der Waals surface area contributed by atoms with E-state index in [0.717, 1.165) is 23.9 Å². The van der Waals surface area contributed by atoms with Gasteiger partial charge in [0.2, 0.25) is 5.91 Å². The molecule has 2 aromatic rings. The predicted molar refractivity (Wildman–Crippen MR) is 85.2 cm³/mol. The van der Waals surface area contributed by atoms with Crippen molar-refractivity contribution in [1.82, 2.24) is 9.88 Å². The number of hydrogen-bond acceptors (Lipinski definition) is 5. The quantitative estimate of drug-likeness (QED) is 0.691. The topological polar surface area (TPSA) is 88.4 Å². The molecule has 118 valence electrons. The van der Waals surface area contributed by atoms with Crippen LogP contribution >= 0.6 is 0 Å². The molecule has 1 saturated heterocycles. The lowest BCUT2D eigenvalue weighted by atomic mass is 10.1. The normalized spacial score (nSPS) is 21.0. The molecule has 23 heavy (non-hydrogen) atoms. The van der Waals surface area contributed by atoms with Crippen molar-refractivity contribution < 1.29 is 9.72 Å². The number of nitro groups is 1. The SMILES string of the molecule is O=C1CC(Nc2ccc([N+](=O)[O-])c3cnccc23)CN1C1CC1. The van der Waals surface area contributed by atoms with Crippen molar-refractivity contribution in [3.05, 3.63) is 40.7 Å². The zero-order chi connectivity index (χ0) is 16.0. The Morgan fingerprint density at radius 1 is 1.26 bits per heavy atom. The molecule has 7 nitrogen and oxygen atoms in total. The Labute approximate surface area is 132 Å². The predicted octanol–water partition coefficient (Wildman–Crippen LogP) is 2.32. The van der Waals surface area contributed by atoms with E-state index in [-0.39, 0.29) is 17.6 Å². The van der Waals surface area contributed by atoms with E-state index < -0.39 is 4.92 Å². The van der Waals surface area contributed by atoms with E-state index in [9.17, 15) is 14.9 Å². The summed E-state index contributed by atoms with van der Waals surface area (Å²) in [6.07, 6.45) is 5.80. The lowest BCUT2D eigenvalue weighted by Gasteiger charge is -2.17. The number of nitrogens with zero attached hydrogens (tertiary/aromatic N) is 3. The van der Waals surface area contributed by atoms with Crippen LogP contribution in [0, 0.1) is 10.1 Å². The van der Waals surface area contributed by atoms with Gasteiger partial charge in [0, 0.05) is 48.5 Å². The van der Waals surface area contributed by atoms with Crippen LogP contribution in [-0.4, -0.2) is 39.3 Å². The highest BCUT2D eigenvalue weighted by atomic mass is 16.6. The van der Waals surface area contributed by atoms with Crippen molar-refractivity contribution >= 4 is 28.1 Å². The largest absolute Gasteiger partial charge is 0.379 e. The standard InChI is InChI=1S/C16H16N4O3/c21-16-7-10(9-19(16)11-1-2-11)18-14-3-4-15(20(22)23)13-8-17-6-5-12(13)14/h3-6,8,10-11,18H,1-2,7,9H2. The number of hydrogen-bond donors (Lipinski definition) is 1. The third kappa shape index (κ3) is 2.48. The van der Waals surface area contributed by atoms with Crippen LogP contribution in [0.3, 0.4) is 0 Å². The summed E-state index contributed by atoms with van der Waals surface area (Å²) in [5.74, 6) is 0.192. The highest BCUT2D eigenvalue weighted by Crippen LogP contribution is 2.34. The molecule has 1 N–H and O–H groups in total. The molecule has 1 unspecified atom stereocenters. The number of carbonyl (C=O) groups excluding carboxylic acids is 1. The van der Waals surface area contributed by atoms with Crippen molar-refractivity contribution in [3.63, 3.8) is 0 Å². The molecule has 7 heteroatoms. The summed E-state index contributed by atoms with van der Waals surface area (Å²) < 4.78 is 0. The van der Waals surface area contributed by atoms with Gasteiger partial charge in [-0.3, -0.25) is 19.9 Å². The minimum Gasteiger partial charge on any atom is -0.379 e. The molecule has 1 atom stereocenters. The summed E-state index contributed by atoms with van der Waals surface area (Å²) in [7, 11) is 0. The third-order valence-electron chi connectivity index (χ3n) is 4.50. The number of aromatic nitrogens is 1. The molecule has 0 spiro atoms. The smallest absolute Gasteiger partial charge is 0.278 e. The van der Waals surface area contributed by atoms with Gasteiger partial charge in [-0.25, -0.2) is 0 Å². The molecule has 1 saturated carbocycles. The number of anilines is 1. The van der Waals surface area contributed by atoms with Gasteiger partial charge in [0.1, 0.15) is 0 Å². The van der Waals surface area contributed by atoms with Gasteiger partial charge in [-0.15, -0.1) is 0 Å². The van der Waals surface area contributed by atoms with Crippen LogP contribution in [0.25, 0.3) is 10.8 Å². The molecule has 2 heterocycles. The fourth-order valence-electron chi connectivity index (χ4n) is 3.25. The Morgan fingerprint density at radius 2 is 2.09 bits per heavy atom. The van der Waals surface area contributed by atoms with E-state index in [1.807, 2.05) is 4.90 Å². The lowest BCUT2D eigenvalue weighted by Crippen LogP contribution is -2.29. The zero-order valence-electron chi connectivity index (χ0n) is 12.4. The second-order valence-electron chi connectivity index (χ2n) is 6.13. The minimum absolute atomic E-state index is 0.0424. The summed E-state index contributed by atoms with van der Waals surface area (Å²) >= 11 is 0. The average Bonchev–Trinajstić information content (AvgIpc) is 3.31. The van der Waals surface area contributed by atoms with E-state index in [2.05, 4.69) is 10.3 Å². The van der Waals surface area contributed by atoms with Crippen LogP contribution in [-0.2, 0) is 4.79 Å². The van der Waals surface area contributed by atoms with Crippen molar-refractivity contribution in [3.8, 4) is 0 Å². The summed E-state index contributed by atoms with van der Waals surface area (Å²) in [6.45, 7) is 0.701. The molecule has 1 aliphatic carbocycles. The number of nitro benzene ring substituents is 1. The van der Waals surface area contributed by atoms with Crippen molar-refractivity contribution in [1.29, 1.82) is 0 Å². The molecule has 0 bridgehead atoms. The maximum absolute atomic E-state index is 12.0. The van der Waals surface area contributed by atoms with Gasteiger partial charge in [-0.05, 0) is 25.0 Å². The van der Waals surface area contributed by atoms with E-state index >= 15 is 0 Å². The Balaban J connectivity index is 1.63. The Morgan fingerprint density at radius 3 is 2.83 bits per heavy atom. The molecular weight excluding hydrogens is 296 g/mol. The van der Waals surface area contributed by atoms with Crippen LogP contribution in [0.2, 0.25) is 0 Å². The van der Waals surface area contributed by atoms with Gasteiger partial charge in [0.25, 0.3) is 5.69 Å².